The van der Waals surface area contributed by atoms with E-state index in [0.717, 1.165) is 41.1 Å². The van der Waals surface area contributed by atoms with Crippen LogP contribution in [0.25, 0.3) is 0 Å². The molecule has 0 atom stereocenters. The molecule has 2 nitrogen and oxygen atoms in total. The number of halogens is 3. The van der Waals surface area contributed by atoms with Crippen molar-refractivity contribution in [2.24, 2.45) is 5.41 Å². The molecule has 0 saturated heterocycles. The second-order valence-corrected chi connectivity index (χ2v) is 8.70. The Balaban J connectivity index is 1.80. The van der Waals surface area contributed by atoms with E-state index >= 15 is 0 Å². The summed E-state index contributed by atoms with van der Waals surface area (Å²) in [4.78, 5) is 6.94. The predicted octanol–water partition coefficient (Wildman–Crippen LogP) is 5.85. The van der Waals surface area contributed by atoms with E-state index in [2.05, 4.69) is 40.7 Å². The van der Waals surface area contributed by atoms with Crippen LogP contribution in [-0.2, 0) is 5.41 Å². The monoisotopic (exact) mass is 394 g/mol. The van der Waals surface area contributed by atoms with Gasteiger partial charge in [0.2, 0.25) is 0 Å². The number of pyridine rings is 1. The lowest BCUT2D eigenvalue weighted by molar-refractivity contribution is 0.0670. The summed E-state index contributed by atoms with van der Waals surface area (Å²) in [7, 11) is 0. The molecule has 0 unspecified atom stereocenters. The zero-order valence-electron chi connectivity index (χ0n) is 13.0. The van der Waals surface area contributed by atoms with Gasteiger partial charge in [0.15, 0.2) is 0 Å². The van der Waals surface area contributed by atoms with E-state index in [1.165, 1.54) is 6.07 Å². The van der Waals surface area contributed by atoms with Crippen LogP contribution in [0.4, 0.5) is 15.8 Å². The van der Waals surface area contributed by atoms with E-state index < -0.39 is 0 Å². The van der Waals surface area contributed by atoms with Gasteiger partial charge in [-0.3, -0.25) is 0 Å². The molecule has 1 saturated carbocycles. The van der Waals surface area contributed by atoms with Gasteiger partial charge in [0, 0.05) is 17.6 Å². The van der Waals surface area contributed by atoms with Crippen LogP contribution in [0, 0.1) is 11.2 Å². The number of rotatable bonds is 1. The minimum absolute atomic E-state index is 0.0682. The highest BCUT2D eigenvalue weighted by molar-refractivity contribution is 9.10. The third-order valence-electron chi connectivity index (χ3n) is 4.94. The summed E-state index contributed by atoms with van der Waals surface area (Å²) in [5.41, 5.74) is 3.44. The van der Waals surface area contributed by atoms with Crippen molar-refractivity contribution in [2.45, 2.75) is 32.1 Å². The van der Waals surface area contributed by atoms with E-state index in [4.69, 9.17) is 16.6 Å². The number of hydrogen-bond acceptors (Lipinski definition) is 2. The van der Waals surface area contributed by atoms with Crippen LogP contribution in [-0.4, -0.2) is 11.5 Å². The summed E-state index contributed by atoms with van der Waals surface area (Å²) in [5, 5.41) is 0.154. The van der Waals surface area contributed by atoms with Crippen molar-refractivity contribution in [3.8, 4) is 0 Å². The molecule has 120 valence electrons. The largest absolute Gasteiger partial charge is 0.339 e. The fraction of sp³-hybridized carbons (Fsp3) is 0.389. The number of nitrogens with zero attached hydrogens (tertiary/aromatic N) is 2. The first-order valence-corrected chi connectivity index (χ1v) is 8.87. The molecule has 0 amide bonds. The average molecular weight is 396 g/mol. The molecule has 2 heterocycles. The van der Waals surface area contributed by atoms with Gasteiger partial charge in [0.05, 0.1) is 16.4 Å². The highest BCUT2D eigenvalue weighted by atomic mass is 79.9. The van der Waals surface area contributed by atoms with Crippen molar-refractivity contribution < 1.29 is 4.39 Å². The SMILES string of the molecule is CC1(C)CC2(CN(c3ccc(Cl)c(F)c3)c3ccc(Br)nc32)C1. The molecule has 5 heteroatoms. The summed E-state index contributed by atoms with van der Waals surface area (Å²) < 4.78 is 14.8. The quantitative estimate of drug-likeness (QED) is 0.563. The van der Waals surface area contributed by atoms with Crippen molar-refractivity contribution in [3.05, 3.63) is 51.5 Å². The molecule has 4 rings (SSSR count). The zero-order chi connectivity index (χ0) is 16.4. The van der Waals surface area contributed by atoms with Crippen LogP contribution < -0.4 is 4.90 Å². The molecule has 1 aliphatic heterocycles. The number of aromatic nitrogens is 1. The molecule has 1 aromatic heterocycles. The minimum atomic E-state index is -0.384. The Morgan fingerprint density at radius 2 is 1.96 bits per heavy atom. The molecule has 2 aromatic rings. The summed E-state index contributed by atoms with van der Waals surface area (Å²) >= 11 is 9.32. The first-order chi connectivity index (χ1) is 10.8. The molecule has 23 heavy (non-hydrogen) atoms. The van der Waals surface area contributed by atoms with Gasteiger partial charge in [0.1, 0.15) is 10.4 Å². The van der Waals surface area contributed by atoms with E-state index in [1.807, 2.05) is 12.1 Å². The van der Waals surface area contributed by atoms with Crippen LogP contribution in [0.15, 0.2) is 34.9 Å². The van der Waals surface area contributed by atoms with Gasteiger partial charge < -0.3 is 4.90 Å². The lowest BCUT2D eigenvalue weighted by Gasteiger charge is -2.51. The Hall–Kier alpha value is -1.13. The summed E-state index contributed by atoms with van der Waals surface area (Å²) in [6.07, 6.45) is 2.20. The average Bonchev–Trinajstić information content (AvgIpc) is 2.75. The van der Waals surface area contributed by atoms with E-state index in [-0.39, 0.29) is 16.3 Å². The zero-order valence-corrected chi connectivity index (χ0v) is 15.4. The Kier molecular flexibility index (Phi) is 3.30. The third-order valence-corrected chi connectivity index (χ3v) is 5.69. The molecular weight excluding hydrogens is 379 g/mol. The van der Waals surface area contributed by atoms with Crippen LogP contribution in [0.3, 0.4) is 0 Å². The number of hydrogen-bond donors (Lipinski definition) is 0. The Labute approximate surface area is 148 Å². The maximum Gasteiger partial charge on any atom is 0.143 e. The van der Waals surface area contributed by atoms with E-state index in [9.17, 15) is 4.39 Å². The van der Waals surface area contributed by atoms with Crippen molar-refractivity contribution in [2.75, 3.05) is 11.4 Å². The highest BCUT2D eigenvalue weighted by Gasteiger charge is 2.56. The molecule has 0 radical (unpaired) electrons. The Morgan fingerprint density at radius 3 is 2.61 bits per heavy atom. The predicted molar refractivity (Wildman–Crippen MR) is 95.0 cm³/mol. The first kappa shape index (κ1) is 15.4. The van der Waals surface area contributed by atoms with Gasteiger partial charge in [-0.1, -0.05) is 25.4 Å². The van der Waals surface area contributed by atoms with Crippen molar-refractivity contribution in [1.82, 2.24) is 4.98 Å². The number of anilines is 2. The molecule has 1 fully saturated rings. The first-order valence-electron chi connectivity index (χ1n) is 7.69. The van der Waals surface area contributed by atoms with Crippen LogP contribution in [0.5, 0.6) is 0 Å². The Bertz CT molecular complexity index is 798. The highest BCUT2D eigenvalue weighted by Crippen LogP contribution is 2.61. The van der Waals surface area contributed by atoms with Crippen molar-refractivity contribution in [3.63, 3.8) is 0 Å². The summed E-state index contributed by atoms with van der Waals surface area (Å²) in [6.45, 7) is 5.43. The lowest BCUT2D eigenvalue weighted by atomic mass is 9.53. The Morgan fingerprint density at radius 1 is 1.22 bits per heavy atom. The number of benzene rings is 1. The molecule has 1 aromatic carbocycles. The van der Waals surface area contributed by atoms with Crippen LogP contribution in [0.1, 0.15) is 32.4 Å². The van der Waals surface area contributed by atoms with E-state index in [1.54, 1.807) is 6.07 Å². The second kappa shape index (κ2) is 4.93. The summed E-state index contributed by atoms with van der Waals surface area (Å²) in [6, 6.07) is 9.02. The molecule has 1 spiro atoms. The molecule has 0 N–H and O–H groups in total. The molecule has 2 aliphatic rings. The topological polar surface area (TPSA) is 16.1 Å². The molecule has 1 aliphatic carbocycles. The third kappa shape index (κ3) is 2.38. The fourth-order valence-electron chi connectivity index (χ4n) is 4.44. The molecular formula is C18H17BrClFN2. The number of fused-ring (bicyclic) bond motifs is 2. The van der Waals surface area contributed by atoms with Crippen LogP contribution >= 0.6 is 27.5 Å². The van der Waals surface area contributed by atoms with E-state index in [0.29, 0.717) is 5.41 Å². The van der Waals surface area contributed by atoms with Crippen LogP contribution in [0.2, 0.25) is 5.02 Å². The van der Waals surface area contributed by atoms with Gasteiger partial charge in [-0.2, -0.15) is 0 Å². The van der Waals surface area contributed by atoms with Gasteiger partial charge in [-0.15, -0.1) is 0 Å². The van der Waals surface area contributed by atoms with Gasteiger partial charge in [-0.25, -0.2) is 9.37 Å². The molecule has 0 bridgehead atoms. The standard InChI is InChI=1S/C18H17BrClFN2/c1-17(2)8-18(9-17)10-23(11-3-4-12(20)13(21)7-11)14-5-6-15(19)22-16(14)18/h3-7H,8-10H2,1-2H3. The van der Waals surface area contributed by atoms with Gasteiger partial charge >= 0.3 is 0 Å². The second-order valence-electron chi connectivity index (χ2n) is 7.48. The maximum atomic E-state index is 13.9. The van der Waals surface area contributed by atoms with Crippen molar-refractivity contribution in [1.29, 1.82) is 0 Å². The minimum Gasteiger partial charge on any atom is -0.339 e. The van der Waals surface area contributed by atoms with Gasteiger partial charge in [-0.05, 0) is 64.5 Å². The smallest absolute Gasteiger partial charge is 0.143 e. The normalized spacial score (nSPS) is 20.5. The maximum absolute atomic E-state index is 13.9. The fourth-order valence-corrected chi connectivity index (χ4v) is 4.87. The summed E-state index contributed by atoms with van der Waals surface area (Å²) in [5.74, 6) is -0.384. The lowest BCUT2D eigenvalue weighted by Crippen LogP contribution is -2.49. The van der Waals surface area contributed by atoms with Crippen molar-refractivity contribution >= 4 is 38.9 Å². The van der Waals surface area contributed by atoms with Gasteiger partial charge in [0.25, 0.3) is 0 Å².